The van der Waals surface area contributed by atoms with Crippen molar-refractivity contribution in [2.24, 2.45) is 11.7 Å². The molecule has 1 aliphatic rings. The molecular formula is C17H27ClN2O2. The first kappa shape index (κ1) is 18.8. The molecule has 124 valence electrons. The topological polar surface area (TPSA) is 64.3 Å². The van der Waals surface area contributed by atoms with E-state index in [-0.39, 0.29) is 29.8 Å². The van der Waals surface area contributed by atoms with E-state index in [2.05, 4.69) is 19.2 Å². The number of para-hydroxylation sites is 1. The Kier molecular flexibility index (Phi) is 6.69. The fraction of sp³-hybridized carbons (Fsp3) is 0.588. The Labute approximate surface area is 139 Å². The number of hydrogen-bond acceptors (Lipinski definition) is 3. The second kappa shape index (κ2) is 7.84. The van der Waals surface area contributed by atoms with Crippen LogP contribution in [-0.2, 0) is 4.79 Å². The molecule has 2 rings (SSSR count). The highest BCUT2D eigenvalue weighted by molar-refractivity contribution is 5.85. The van der Waals surface area contributed by atoms with Gasteiger partial charge in [-0.15, -0.1) is 12.4 Å². The van der Waals surface area contributed by atoms with Gasteiger partial charge in [0.1, 0.15) is 5.75 Å². The molecule has 1 aromatic carbocycles. The van der Waals surface area contributed by atoms with Crippen LogP contribution in [0.2, 0.25) is 0 Å². The zero-order valence-corrected chi connectivity index (χ0v) is 14.4. The molecule has 2 atom stereocenters. The molecule has 4 nitrogen and oxygen atoms in total. The molecule has 0 fully saturated rings. The van der Waals surface area contributed by atoms with Crippen LogP contribution in [0.25, 0.3) is 0 Å². The van der Waals surface area contributed by atoms with Gasteiger partial charge in [-0.25, -0.2) is 0 Å². The third kappa shape index (κ3) is 4.37. The Balaban J connectivity index is 0.00000242. The molecule has 22 heavy (non-hydrogen) atoms. The molecule has 0 aromatic heterocycles. The van der Waals surface area contributed by atoms with Gasteiger partial charge in [-0.3, -0.25) is 4.79 Å². The monoisotopic (exact) mass is 326 g/mol. The number of rotatable bonds is 5. The lowest BCUT2D eigenvalue weighted by Gasteiger charge is -2.34. The normalized spacial score (nSPS) is 19.4. The zero-order chi connectivity index (χ0) is 15.5. The average molecular weight is 327 g/mol. The highest BCUT2D eigenvalue weighted by Gasteiger charge is 2.32. The minimum atomic E-state index is -0.349. The number of halogens is 1. The van der Waals surface area contributed by atoms with Crippen molar-refractivity contribution in [3.05, 3.63) is 29.8 Å². The standard InChI is InChI=1S/C17H26N2O2.ClH/c1-12(2)10-17(3,11-18)19-16(20)14-8-9-21-15-7-5-4-6-13(14)15;/h4-7,12,14H,8-11,18H2,1-3H3,(H,19,20);1H. The smallest absolute Gasteiger partial charge is 0.228 e. The predicted octanol–water partition coefficient (Wildman–Crippen LogP) is 2.85. The number of carbonyl (C=O) groups excluding carboxylic acids is 1. The highest BCUT2D eigenvalue weighted by atomic mass is 35.5. The van der Waals surface area contributed by atoms with E-state index in [1.54, 1.807) is 0 Å². The number of carbonyl (C=O) groups is 1. The molecule has 1 amide bonds. The van der Waals surface area contributed by atoms with Crippen LogP contribution in [0.3, 0.4) is 0 Å². The minimum Gasteiger partial charge on any atom is -0.493 e. The average Bonchev–Trinajstić information content (AvgIpc) is 2.45. The van der Waals surface area contributed by atoms with Crippen molar-refractivity contribution in [2.45, 2.75) is 45.1 Å². The van der Waals surface area contributed by atoms with Gasteiger partial charge >= 0.3 is 0 Å². The Morgan fingerprint density at radius 2 is 2.14 bits per heavy atom. The van der Waals surface area contributed by atoms with Crippen molar-refractivity contribution in [3.63, 3.8) is 0 Å². The van der Waals surface area contributed by atoms with E-state index in [1.807, 2.05) is 31.2 Å². The molecule has 0 aliphatic carbocycles. The van der Waals surface area contributed by atoms with Crippen molar-refractivity contribution in [3.8, 4) is 5.75 Å². The van der Waals surface area contributed by atoms with Crippen molar-refractivity contribution in [1.29, 1.82) is 0 Å². The molecule has 3 N–H and O–H groups in total. The Morgan fingerprint density at radius 1 is 1.45 bits per heavy atom. The maximum atomic E-state index is 12.7. The van der Waals surface area contributed by atoms with E-state index < -0.39 is 0 Å². The van der Waals surface area contributed by atoms with Gasteiger partial charge in [0.25, 0.3) is 0 Å². The molecular weight excluding hydrogens is 300 g/mol. The number of benzene rings is 1. The third-order valence-corrected chi connectivity index (χ3v) is 4.01. The molecule has 0 spiro atoms. The van der Waals surface area contributed by atoms with Crippen LogP contribution in [0.1, 0.15) is 45.1 Å². The number of nitrogens with two attached hydrogens (primary N) is 1. The van der Waals surface area contributed by atoms with Crippen LogP contribution in [0.15, 0.2) is 24.3 Å². The lowest BCUT2D eigenvalue weighted by atomic mass is 9.87. The largest absolute Gasteiger partial charge is 0.493 e. The van der Waals surface area contributed by atoms with E-state index in [0.717, 1.165) is 17.7 Å². The van der Waals surface area contributed by atoms with Crippen molar-refractivity contribution in [1.82, 2.24) is 5.32 Å². The van der Waals surface area contributed by atoms with Crippen LogP contribution in [0.4, 0.5) is 0 Å². The molecule has 2 unspecified atom stereocenters. The molecule has 1 heterocycles. The lowest BCUT2D eigenvalue weighted by molar-refractivity contribution is -0.125. The van der Waals surface area contributed by atoms with Gasteiger partial charge in [-0.1, -0.05) is 32.0 Å². The SMILES string of the molecule is CC(C)CC(C)(CN)NC(=O)C1CCOc2ccccc21.Cl. The van der Waals surface area contributed by atoms with Gasteiger partial charge in [0.15, 0.2) is 0 Å². The van der Waals surface area contributed by atoms with Crippen LogP contribution >= 0.6 is 12.4 Å². The van der Waals surface area contributed by atoms with Crippen molar-refractivity contribution >= 4 is 18.3 Å². The van der Waals surface area contributed by atoms with Crippen molar-refractivity contribution < 1.29 is 9.53 Å². The zero-order valence-electron chi connectivity index (χ0n) is 13.6. The summed E-state index contributed by atoms with van der Waals surface area (Å²) in [6.07, 6.45) is 1.59. The van der Waals surface area contributed by atoms with Gasteiger partial charge in [-0.2, -0.15) is 0 Å². The van der Waals surface area contributed by atoms with Crippen LogP contribution < -0.4 is 15.8 Å². The first-order valence-corrected chi connectivity index (χ1v) is 7.69. The summed E-state index contributed by atoms with van der Waals surface area (Å²) in [7, 11) is 0. The second-order valence-electron chi connectivity index (χ2n) is 6.58. The van der Waals surface area contributed by atoms with E-state index in [0.29, 0.717) is 25.5 Å². The summed E-state index contributed by atoms with van der Waals surface area (Å²) in [6.45, 7) is 7.34. The number of ether oxygens (including phenoxy) is 1. The van der Waals surface area contributed by atoms with Gasteiger partial charge < -0.3 is 15.8 Å². The summed E-state index contributed by atoms with van der Waals surface area (Å²) in [5.41, 5.74) is 6.52. The van der Waals surface area contributed by atoms with Gasteiger partial charge in [-0.05, 0) is 31.7 Å². The van der Waals surface area contributed by atoms with Crippen LogP contribution in [-0.4, -0.2) is 24.6 Å². The van der Waals surface area contributed by atoms with E-state index in [4.69, 9.17) is 10.5 Å². The summed E-state index contributed by atoms with van der Waals surface area (Å²) in [4.78, 5) is 12.7. The maximum Gasteiger partial charge on any atom is 0.228 e. The number of hydrogen-bond donors (Lipinski definition) is 2. The molecule has 0 saturated heterocycles. The Morgan fingerprint density at radius 3 is 2.77 bits per heavy atom. The molecule has 0 radical (unpaired) electrons. The van der Waals surface area contributed by atoms with E-state index >= 15 is 0 Å². The second-order valence-corrected chi connectivity index (χ2v) is 6.58. The molecule has 0 saturated carbocycles. The molecule has 1 aromatic rings. The summed E-state index contributed by atoms with van der Waals surface area (Å²) in [5, 5.41) is 3.17. The molecule has 5 heteroatoms. The number of fused-ring (bicyclic) bond motifs is 1. The quantitative estimate of drug-likeness (QED) is 0.874. The summed E-state index contributed by atoms with van der Waals surface area (Å²) in [6, 6.07) is 7.78. The van der Waals surface area contributed by atoms with Gasteiger partial charge in [0.2, 0.25) is 5.91 Å². The fourth-order valence-electron chi connectivity index (χ4n) is 3.09. The third-order valence-electron chi connectivity index (χ3n) is 4.01. The molecule has 1 aliphatic heterocycles. The summed E-state index contributed by atoms with van der Waals surface area (Å²) >= 11 is 0. The minimum absolute atomic E-state index is 0. The maximum absolute atomic E-state index is 12.7. The van der Waals surface area contributed by atoms with E-state index in [1.165, 1.54) is 0 Å². The number of amides is 1. The van der Waals surface area contributed by atoms with Gasteiger partial charge in [0, 0.05) is 17.6 Å². The number of nitrogens with one attached hydrogen (secondary N) is 1. The summed E-state index contributed by atoms with van der Waals surface area (Å²) < 4.78 is 5.62. The highest BCUT2D eigenvalue weighted by Crippen LogP contribution is 2.34. The first-order valence-electron chi connectivity index (χ1n) is 7.69. The Hall–Kier alpha value is -1.26. The predicted molar refractivity (Wildman–Crippen MR) is 91.6 cm³/mol. The Bertz CT molecular complexity index is 507. The van der Waals surface area contributed by atoms with Gasteiger partial charge in [0.05, 0.1) is 12.5 Å². The van der Waals surface area contributed by atoms with Crippen LogP contribution in [0, 0.1) is 5.92 Å². The lowest BCUT2D eigenvalue weighted by Crippen LogP contribution is -2.53. The summed E-state index contributed by atoms with van der Waals surface area (Å²) in [5.74, 6) is 1.22. The van der Waals surface area contributed by atoms with Crippen LogP contribution in [0.5, 0.6) is 5.75 Å². The molecule has 0 bridgehead atoms. The fourth-order valence-corrected chi connectivity index (χ4v) is 3.09. The van der Waals surface area contributed by atoms with E-state index in [9.17, 15) is 4.79 Å². The van der Waals surface area contributed by atoms with Crippen molar-refractivity contribution in [2.75, 3.05) is 13.2 Å². The first-order chi connectivity index (χ1) is 9.95.